The second kappa shape index (κ2) is 3.83. The van der Waals surface area contributed by atoms with Crippen molar-refractivity contribution in [1.29, 1.82) is 0 Å². The quantitative estimate of drug-likeness (QED) is 0.774. The first-order valence-corrected chi connectivity index (χ1v) is 4.95. The predicted molar refractivity (Wildman–Crippen MR) is 51.2 cm³/mol. The molecule has 0 aliphatic rings. The first-order chi connectivity index (χ1) is 5.62. The summed E-state index contributed by atoms with van der Waals surface area (Å²) >= 11 is 4.83. The van der Waals surface area contributed by atoms with Crippen LogP contribution in [0.3, 0.4) is 0 Å². The van der Waals surface area contributed by atoms with Crippen molar-refractivity contribution in [2.45, 2.75) is 12.7 Å². The maximum atomic E-state index is 5.19. The van der Waals surface area contributed by atoms with Gasteiger partial charge in [0.05, 0.1) is 9.98 Å². The minimum absolute atomic E-state index is 0.726. The lowest BCUT2D eigenvalue weighted by Gasteiger charge is -2.23. The normalized spacial score (nSPS) is 12.0. The maximum absolute atomic E-state index is 5.19. The summed E-state index contributed by atoms with van der Waals surface area (Å²) in [5.41, 5.74) is 0. The number of rotatable bonds is 3. The van der Waals surface area contributed by atoms with Crippen LogP contribution in [0.1, 0.15) is 11.9 Å². The van der Waals surface area contributed by atoms with E-state index in [0.29, 0.717) is 0 Å². The van der Waals surface area contributed by atoms with Crippen LogP contribution in [0.4, 0.5) is 0 Å². The zero-order chi connectivity index (χ0) is 9.19. The molecule has 0 aromatic carbocycles. The van der Waals surface area contributed by atoms with E-state index in [2.05, 4.69) is 20.9 Å². The second-order valence-corrected chi connectivity index (χ2v) is 4.73. The van der Waals surface area contributed by atoms with Gasteiger partial charge in [-0.25, -0.2) is 4.98 Å². The van der Waals surface area contributed by atoms with Gasteiger partial charge in [-0.2, -0.15) is 0 Å². The van der Waals surface area contributed by atoms with Crippen LogP contribution in [0, 0.1) is 0 Å². The molecule has 0 bridgehead atoms. The van der Waals surface area contributed by atoms with E-state index < -0.39 is 5.79 Å². The molecule has 0 saturated heterocycles. The molecule has 0 amide bonds. The molecule has 0 unspecified atom stereocenters. The summed E-state index contributed by atoms with van der Waals surface area (Å²) in [4.78, 5) is 4.15. The molecule has 1 rings (SSSR count). The van der Waals surface area contributed by atoms with Crippen molar-refractivity contribution in [2.24, 2.45) is 0 Å². The van der Waals surface area contributed by atoms with Crippen LogP contribution in [0.5, 0.6) is 0 Å². The first-order valence-electron chi connectivity index (χ1n) is 3.34. The van der Waals surface area contributed by atoms with E-state index in [-0.39, 0.29) is 0 Å². The molecule has 0 fully saturated rings. The average molecular weight is 252 g/mol. The van der Waals surface area contributed by atoms with Gasteiger partial charge in [0.15, 0.2) is 5.01 Å². The highest BCUT2D eigenvalue weighted by Crippen LogP contribution is 2.31. The van der Waals surface area contributed by atoms with Crippen molar-refractivity contribution < 1.29 is 9.47 Å². The van der Waals surface area contributed by atoms with Gasteiger partial charge in [0.2, 0.25) is 5.79 Å². The van der Waals surface area contributed by atoms with Crippen molar-refractivity contribution in [2.75, 3.05) is 14.2 Å². The summed E-state index contributed by atoms with van der Waals surface area (Å²) in [5.74, 6) is -0.726. The van der Waals surface area contributed by atoms with Crippen LogP contribution in [0.15, 0.2) is 9.98 Å². The van der Waals surface area contributed by atoms with E-state index >= 15 is 0 Å². The Hall–Kier alpha value is 0.0300. The monoisotopic (exact) mass is 251 g/mol. The van der Waals surface area contributed by atoms with Gasteiger partial charge in [-0.1, -0.05) is 0 Å². The maximum Gasteiger partial charge on any atom is 0.218 e. The zero-order valence-electron chi connectivity index (χ0n) is 7.13. The molecule has 1 aromatic heterocycles. The van der Waals surface area contributed by atoms with E-state index in [9.17, 15) is 0 Å². The van der Waals surface area contributed by atoms with Crippen LogP contribution in [0.25, 0.3) is 0 Å². The number of methoxy groups -OCH3 is 2. The molecule has 0 saturated carbocycles. The van der Waals surface area contributed by atoms with Gasteiger partial charge in [0.25, 0.3) is 0 Å². The van der Waals surface area contributed by atoms with Crippen molar-refractivity contribution >= 4 is 27.3 Å². The molecule has 0 atom stereocenters. The van der Waals surface area contributed by atoms with Crippen LogP contribution < -0.4 is 0 Å². The number of hydrogen-bond donors (Lipinski definition) is 0. The molecule has 0 radical (unpaired) electrons. The Morgan fingerprint density at radius 2 is 2.08 bits per heavy atom. The lowest BCUT2D eigenvalue weighted by molar-refractivity contribution is -0.201. The largest absolute Gasteiger partial charge is 0.348 e. The van der Waals surface area contributed by atoms with Crippen molar-refractivity contribution in [3.05, 3.63) is 15.0 Å². The van der Waals surface area contributed by atoms with E-state index in [1.54, 1.807) is 20.4 Å². The lowest BCUT2D eigenvalue weighted by Crippen LogP contribution is -2.26. The molecule has 0 N–H and O–H groups in total. The minimum atomic E-state index is -0.726. The van der Waals surface area contributed by atoms with Crippen LogP contribution in [0.2, 0.25) is 0 Å². The number of halogens is 1. The molecule has 1 heterocycles. The van der Waals surface area contributed by atoms with Crippen molar-refractivity contribution in [1.82, 2.24) is 4.98 Å². The summed E-state index contributed by atoms with van der Waals surface area (Å²) in [6.45, 7) is 1.83. The molecular formula is C7H10BrNO2S. The van der Waals surface area contributed by atoms with Crippen LogP contribution in [-0.2, 0) is 15.3 Å². The fourth-order valence-electron chi connectivity index (χ4n) is 0.722. The first kappa shape index (κ1) is 10.1. The number of aromatic nitrogens is 1. The molecule has 0 spiro atoms. The molecular weight excluding hydrogens is 242 g/mol. The standard InChI is InChI=1S/C7H10BrNO2S/c1-7(10-2,11-3)6-9-4-5(8)12-6/h4H,1-3H3. The fraction of sp³-hybridized carbons (Fsp3) is 0.571. The minimum Gasteiger partial charge on any atom is -0.348 e. The Morgan fingerprint density at radius 1 is 1.50 bits per heavy atom. The molecule has 12 heavy (non-hydrogen) atoms. The molecule has 1 aromatic rings. The Morgan fingerprint density at radius 3 is 2.42 bits per heavy atom. The smallest absolute Gasteiger partial charge is 0.218 e. The Bertz CT molecular complexity index is 260. The highest BCUT2D eigenvalue weighted by Gasteiger charge is 2.29. The molecule has 0 aliphatic carbocycles. The Labute approximate surface area is 83.8 Å². The average Bonchev–Trinajstić information content (AvgIpc) is 2.51. The topological polar surface area (TPSA) is 31.4 Å². The zero-order valence-corrected chi connectivity index (χ0v) is 9.53. The van der Waals surface area contributed by atoms with Gasteiger partial charge in [-0.05, 0) is 22.9 Å². The molecule has 0 aliphatic heterocycles. The predicted octanol–water partition coefficient (Wildman–Crippen LogP) is 2.37. The summed E-state index contributed by atoms with van der Waals surface area (Å²) in [6, 6.07) is 0. The summed E-state index contributed by atoms with van der Waals surface area (Å²) in [5, 5.41) is 0.805. The third kappa shape index (κ3) is 1.85. The van der Waals surface area contributed by atoms with Crippen LogP contribution in [-0.4, -0.2) is 19.2 Å². The molecule has 5 heteroatoms. The third-order valence-electron chi connectivity index (χ3n) is 1.65. The summed E-state index contributed by atoms with van der Waals surface area (Å²) in [6.07, 6.45) is 1.73. The summed E-state index contributed by atoms with van der Waals surface area (Å²) < 4.78 is 11.4. The van der Waals surface area contributed by atoms with Crippen molar-refractivity contribution in [3.63, 3.8) is 0 Å². The number of ether oxygens (including phenoxy) is 2. The SMILES string of the molecule is COC(C)(OC)c1ncc(Br)s1. The van der Waals surface area contributed by atoms with Gasteiger partial charge < -0.3 is 9.47 Å². The number of nitrogens with zero attached hydrogens (tertiary/aromatic N) is 1. The molecule has 68 valence electrons. The Kier molecular flexibility index (Phi) is 3.22. The fourth-order valence-corrected chi connectivity index (χ4v) is 2.03. The van der Waals surface area contributed by atoms with Crippen molar-refractivity contribution in [3.8, 4) is 0 Å². The van der Waals surface area contributed by atoms with E-state index in [1.165, 1.54) is 11.3 Å². The number of hydrogen-bond acceptors (Lipinski definition) is 4. The van der Waals surface area contributed by atoms with Gasteiger partial charge in [0.1, 0.15) is 0 Å². The Balaban J connectivity index is 2.94. The lowest BCUT2D eigenvalue weighted by atomic mass is 10.3. The van der Waals surface area contributed by atoms with E-state index in [1.807, 2.05) is 6.92 Å². The molecule has 3 nitrogen and oxygen atoms in total. The van der Waals surface area contributed by atoms with E-state index in [4.69, 9.17) is 9.47 Å². The van der Waals surface area contributed by atoms with E-state index in [0.717, 1.165) is 8.79 Å². The van der Waals surface area contributed by atoms with Gasteiger partial charge in [-0.3, -0.25) is 0 Å². The van der Waals surface area contributed by atoms with Gasteiger partial charge in [-0.15, -0.1) is 11.3 Å². The van der Waals surface area contributed by atoms with Gasteiger partial charge in [0, 0.05) is 14.2 Å². The highest BCUT2D eigenvalue weighted by atomic mass is 79.9. The third-order valence-corrected chi connectivity index (χ3v) is 3.31. The number of thiazole rings is 1. The summed E-state index contributed by atoms with van der Waals surface area (Å²) in [7, 11) is 3.19. The van der Waals surface area contributed by atoms with Gasteiger partial charge >= 0.3 is 0 Å². The second-order valence-electron chi connectivity index (χ2n) is 2.32. The highest BCUT2D eigenvalue weighted by molar-refractivity contribution is 9.11. The van der Waals surface area contributed by atoms with Crippen LogP contribution >= 0.6 is 27.3 Å².